The van der Waals surface area contributed by atoms with E-state index in [1.807, 2.05) is 6.07 Å². The number of aliphatic hydroxyl groups is 1. The predicted octanol–water partition coefficient (Wildman–Crippen LogP) is 4.71. The summed E-state index contributed by atoms with van der Waals surface area (Å²) in [6.07, 6.45) is 4.12. The first-order valence-corrected chi connectivity index (χ1v) is 11.7. The van der Waals surface area contributed by atoms with Crippen molar-refractivity contribution in [3.63, 3.8) is 0 Å². The number of aliphatic imine (C=N–C) groups is 1. The zero-order valence-corrected chi connectivity index (χ0v) is 20.6. The molecule has 4 rings (SSSR count). The van der Waals surface area contributed by atoms with E-state index in [-0.39, 0.29) is 24.4 Å². The molecule has 4 N–H and O–H groups in total. The first-order chi connectivity index (χ1) is 16.8. The van der Waals surface area contributed by atoms with Crippen molar-refractivity contribution in [3.05, 3.63) is 69.4 Å². The van der Waals surface area contributed by atoms with Crippen molar-refractivity contribution in [1.82, 2.24) is 10.5 Å². The number of nitrogen functional groups attached to an aromatic ring is 1. The molecule has 1 fully saturated rings. The van der Waals surface area contributed by atoms with E-state index in [0.717, 1.165) is 28.8 Å². The number of nitrogens with two attached hydrogens (primary N) is 1. The Hall–Kier alpha value is -3.33. The molecule has 8 nitrogen and oxygen atoms in total. The highest BCUT2D eigenvalue weighted by molar-refractivity contribution is 6.36. The lowest BCUT2D eigenvalue weighted by Crippen LogP contribution is -2.37. The van der Waals surface area contributed by atoms with Crippen molar-refractivity contribution >= 4 is 63.9 Å². The average molecular weight is 514 g/mol. The summed E-state index contributed by atoms with van der Waals surface area (Å²) in [6, 6.07) is 8.72. The number of nitrogens with one attached hydrogen (secondary N) is 1. The Labute approximate surface area is 212 Å². The van der Waals surface area contributed by atoms with Crippen LogP contribution in [0, 0.1) is 0 Å². The Morgan fingerprint density at radius 2 is 2.17 bits per heavy atom. The SMILES string of the molecule is C=N/C=C(\C=C(/C)CO)c1ccc(C(=O)N[C@@H]2CCN(c3ccc(Cl)c4c(N)noc34)C2)c(Cl)c1. The number of hydrogen-bond donors (Lipinski definition) is 3. The number of carbonyl (C=O) groups is 1. The average Bonchev–Trinajstić information content (AvgIpc) is 3.46. The van der Waals surface area contributed by atoms with Gasteiger partial charge in [-0.3, -0.25) is 9.79 Å². The highest BCUT2D eigenvalue weighted by Gasteiger charge is 2.28. The molecule has 1 amide bonds. The number of benzene rings is 2. The van der Waals surface area contributed by atoms with Gasteiger partial charge in [0.2, 0.25) is 0 Å². The molecule has 1 saturated heterocycles. The van der Waals surface area contributed by atoms with Crippen molar-refractivity contribution in [1.29, 1.82) is 0 Å². The number of anilines is 2. The Kier molecular flexibility index (Phi) is 7.45. The van der Waals surface area contributed by atoms with Crippen LogP contribution < -0.4 is 16.0 Å². The van der Waals surface area contributed by atoms with Crippen LogP contribution in [0.15, 0.2) is 57.7 Å². The number of fused-ring (bicyclic) bond motifs is 1. The van der Waals surface area contributed by atoms with Crippen LogP contribution in [-0.2, 0) is 0 Å². The highest BCUT2D eigenvalue weighted by Crippen LogP contribution is 2.37. The van der Waals surface area contributed by atoms with Crippen LogP contribution in [0.3, 0.4) is 0 Å². The van der Waals surface area contributed by atoms with Crippen LogP contribution in [0.1, 0.15) is 29.3 Å². The molecule has 35 heavy (non-hydrogen) atoms. The van der Waals surface area contributed by atoms with Gasteiger partial charge in [0.15, 0.2) is 11.4 Å². The van der Waals surface area contributed by atoms with Crippen LogP contribution in [0.2, 0.25) is 10.0 Å². The fourth-order valence-electron chi connectivity index (χ4n) is 4.11. The molecular weight excluding hydrogens is 489 g/mol. The van der Waals surface area contributed by atoms with Gasteiger partial charge in [-0.25, -0.2) is 0 Å². The number of allylic oxidation sites excluding steroid dienone is 2. The van der Waals surface area contributed by atoms with E-state index < -0.39 is 0 Å². The minimum Gasteiger partial charge on any atom is -0.392 e. The number of carbonyl (C=O) groups excluding carboxylic acids is 1. The first-order valence-electron chi connectivity index (χ1n) is 11.0. The number of rotatable bonds is 7. The summed E-state index contributed by atoms with van der Waals surface area (Å²) in [5, 5.41) is 17.6. The lowest BCUT2D eigenvalue weighted by atomic mass is 10.0. The fraction of sp³-hybridized carbons (Fsp3) is 0.240. The normalized spacial score (nSPS) is 16.7. The molecule has 1 aliphatic heterocycles. The van der Waals surface area contributed by atoms with Crippen molar-refractivity contribution in [2.75, 3.05) is 30.3 Å². The summed E-state index contributed by atoms with van der Waals surface area (Å²) >= 11 is 12.7. The Bertz CT molecular complexity index is 1350. The second-order valence-electron chi connectivity index (χ2n) is 8.35. The smallest absolute Gasteiger partial charge is 0.253 e. The summed E-state index contributed by atoms with van der Waals surface area (Å²) in [7, 11) is 0. The molecule has 0 radical (unpaired) electrons. The molecule has 1 atom stereocenters. The minimum absolute atomic E-state index is 0.0769. The van der Waals surface area contributed by atoms with Crippen LogP contribution in [0.4, 0.5) is 11.5 Å². The van der Waals surface area contributed by atoms with Gasteiger partial charge < -0.3 is 25.6 Å². The maximum absolute atomic E-state index is 13.0. The quantitative estimate of drug-likeness (QED) is 0.311. The molecule has 0 saturated carbocycles. The molecule has 1 aliphatic rings. The van der Waals surface area contributed by atoms with Gasteiger partial charge in [0.1, 0.15) is 0 Å². The second-order valence-corrected chi connectivity index (χ2v) is 9.17. The minimum atomic E-state index is -0.256. The van der Waals surface area contributed by atoms with Crippen molar-refractivity contribution in [3.8, 4) is 0 Å². The van der Waals surface area contributed by atoms with Crippen LogP contribution >= 0.6 is 23.2 Å². The highest BCUT2D eigenvalue weighted by atomic mass is 35.5. The summed E-state index contributed by atoms with van der Waals surface area (Å²) < 4.78 is 5.41. The summed E-state index contributed by atoms with van der Waals surface area (Å²) in [5.41, 5.74) is 9.87. The third-order valence-electron chi connectivity index (χ3n) is 5.87. The van der Waals surface area contributed by atoms with Gasteiger partial charge in [0, 0.05) is 25.3 Å². The molecule has 2 aromatic carbocycles. The van der Waals surface area contributed by atoms with E-state index >= 15 is 0 Å². The zero-order chi connectivity index (χ0) is 25.1. The third kappa shape index (κ3) is 5.19. The maximum atomic E-state index is 13.0. The Morgan fingerprint density at radius 3 is 2.89 bits per heavy atom. The summed E-state index contributed by atoms with van der Waals surface area (Å²) in [6.45, 7) is 6.52. The molecule has 0 aliphatic carbocycles. The number of aliphatic hydroxyl groups excluding tert-OH is 1. The van der Waals surface area contributed by atoms with E-state index in [2.05, 4.69) is 27.1 Å². The lowest BCUT2D eigenvalue weighted by molar-refractivity contribution is 0.0940. The van der Waals surface area contributed by atoms with E-state index in [9.17, 15) is 9.90 Å². The van der Waals surface area contributed by atoms with Crippen molar-refractivity contribution in [2.24, 2.45) is 4.99 Å². The first kappa shape index (κ1) is 24.8. The van der Waals surface area contributed by atoms with Gasteiger partial charge in [-0.05, 0) is 61.0 Å². The molecule has 0 spiro atoms. The van der Waals surface area contributed by atoms with E-state index in [1.165, 1.54) is 0 Å². The molecule has 0 unspecified atom stereocenters. The molecule has 1 aromatic heterocycles. The molecule has 182 valence electrons. The largest absolute Gasteiger partial charge is 0.392 e. The van der Waals surface area contributed by atoms with Gasteiger partial charge in [-0.15, -0.1) is 0 Å². The fourth-order valence-corrected chi connectivity index (χ4v) is 4.62. The summed E-state index contributed by atoms with van der Waals surface area (Å²) in [5.74, 6) is -0.00843. The Balaban J connectivity index is 1.48. The van der Waals surface area contributed by atoms with Crippen LogP contribution in [-0.4, -0.2) is 48.6 Å². The number of nitrogens with zero attached hydrogens (tertiary/aromatic N) is 3. The topological polar surface area (TPSA) is 117 Å². The second kappa shape index (κ2) is 10.5. The summed E-state index contributed by atoms with van der Waals surface area (Å²) in [4.78, 5) is 18.9. The number of hydrogen-bond acceptors (Lipinski definition) is 7. The maximum Gasteiger partial charge on any atom is 0.253 e. The van der Waals surface area contributed by atoms with Crippen molar-refractivity contribution < 1.29 is 14.4 Å². The number of aromatic nitrogens is 1. The van der Waals surface area contributed by atoms with Gasteiger partial charge >= 0.3 is 0 Å². The zero-order valence-electron chi connectivity index (χ0n) is 19.1. The molecule has 0 bridgehead atoms. The Morgan fingerprint density at radius 1 is 1.37 bits per heavy atom. The van der Waals surface area contributed by atoms with Crippen LogP contribution in [0.5, 0.6) is 0 Å². The standard InChI is InChI=1S/C25H25Cl2N5O3/c1-14(13-33)9-16(11-29-2)15-3-4-18(20(27)10-15)25(34)30-17-7-8-32(12-17)21-6-5-19(26)22-23(21)35-31-24(22)28/h3-6,9-11,17,33H,2,7-8,12-13H2,1H3,(H2,28,31)(H,30,34)/b14-9+,16-11+/t17-/m1/s1. The van der Waals surface area contributed by atoms with Gasteiger partial charge in [-0.1, -0.05) is 40.5 Å². The molecule has 3 aromatic rings. The lowest BCUT2D eigenvalue weighted by Gasteiger charge is -2.19. The third-order valence-corrected chi connectivity index (χ3v) is 6.50. The van der Waals surface area contributed by atoms with E-state index in [1.54, 1.807) is 43.5 Å². The molecule has 2 heterocycles. The van der Waals surface area contributed by atoms with Gasteiger partial charge in [0.25, 0.3) is 5.91 Å². The van der Waals surface area contributed by atoms with E-state index in [4.69, 9.17) is 33.5 Å². The van der Waals surface area contributed by atoms with E-state index in [0.29, 0.717) is 39.7 Å². The van der Waals surface area contributed by atoms with Gasteiger partial charge in [0.05, 0.1) is 33.3 Å². The number of halogens is 2. The predicted molar refractivity (Wildman–Crippen MR) is 141 cm³/mol. The van der Waals surface area contributed by atoms with Crippen molar-refractivity contribution in [2.45, 2.75) is 19.4 Å². The molecular formula is C25H25Cl2N5O3. The van der Waals surface area contributed by atoms with Crippen LogP contribution in [0.25, 0.3) is 16.5 Å². The monoisotopic (exact) mass is 513 g/mol. The molecule has 10 heteroatoms. The van der Waals surface area contributed by atoms with Gasteiger partial charge in [-0.2, -0.15) is 0 Å². The number of amides is 1.